The van der Waals surface area contributed by atoms with Gasteiger partial charge in [0.15, 0.2) is 0 Å². The van der Waals surface area contributed by atoms with Crippen molar-refractivity contribution in [1.82, 2.24) is 5.32 Å². The van der Waals surface area contributed by atoms with Gasteiger partial charge in [-0.15, -0.1) is 0 Å². The minimum absolute atomic E-state index is 0.209. The average Bonchev–Trinajstić information content (AvgIpc) is 2.37. The molecule has 0 aromatic heterocycles. The highest BCUT2D eigenvalue weighted by Crippen LogP contribution is 2.28. The minimum atomic E-state index is -1.05. The molecule has 18 heavy (non-hydrogen) atoms. The SMILES string of the molecule is O=C(O)NCc1cccc(-c2ccccc2O)c1. The fraction of sp³-hybridized carbons (Fsp3) is 0.0714. The molecule has 92 valence electrons. The molecule has 1 amide bonds. The molecule has 2 rings (SSSR count). The number of benzene rings is 2. The van der Waals surface area contributed by atoms with E-state index in [1.54, 1.807) is 12.1 Å². The molecular weight excluding hydrogens is 230 g/mol. The van der Waals surface area contributed by atoms with Gasteiger partial charge in [0.2, 0.25) is 0 Å². The van der Waals surface area contributed by atoms with Crippen molar-refractivity contribution in [2.75, 3.05) is 0 Å². The number of rotatable bonds is 3. The van der Waals surface area contributed by atoms with Crippen LogP contribution in [0, 0.1) is 0 Å². The van der Waals surface area contributed by atoms with E-state index >= 15 is 0 Å². The van der Waals surface area contributed by atoms with Crippen molar-refractivity contribution in [1.29, 1.82) is 0 Å². The second-order valence-electron chi connectivity index (χ2n) is 3.88. The van der Waals surface area contributed by atoms with E-state index in [-0.39, 0.29) is 12.3 Å². The fourth-order valence-electron chi connectivity index (χ4n) is 1.74. The third-order valence-corrected chi connectivity index (χ3v) is 2.59. The summed E-state index contributed by atoms with van der Waals surface area (Å²) in [6, 6.07) is 14.4. The standard InChI is InChI=1S/C14H13NO3/c16-13-7-2-1-6-12(13)11-5-3-4-10(8-11)9-15-14(17)18/h1-8,15-16H,9H2,(H,17,18). The molecule has 0 aliphatic heterocycles. The molecule has 0 saturated heterocycles. The van der Waals surface area contributed by atoms with Gasteiger partial charge in [0, 0.05) is 12.1 Å². The van der Waals surface area contributed by atoms with E-state index in [0.29, 0.717) is 0 Å². The first kappa shape index (κ1) is 12.0. The molecule has 0 heterocycles. The Kier molecular flexibility index (Phi) is 3.48. The number of carbonyl (C=O) groups is 1. The molecule has 0 fully saturated rings. The summed E-state index contributed by atoms with van der Waals surface area (Å²) in [5.41, 5.74) is 2.44. The topological polar surface area (TPSA) is 69.6 Å². The zero-order valence-electron chi connectivity index (χ0n) is 9.63. The van der Waals surface area contributed by atoms with Gasteiger partial charge in [-0.1, -0.05) is 36.4 Å². The molecule has 0 atom stereocenters. The van der Waals surface area contributed by atoms with Gasteiger partial charge in [-0.25, -0.2) is 4.79 Å². The molecule has 4 nitrogen and oxygen atoms in total. The van der Waals surface area contributed by atoms with Crippen molar-refractivity contribution < 1.29 is 15.0 Å². The highest BCUT2D eigenvalue weighted by atomic mass is 16.4. The molecule has 2 aromatic carbocycles. The number of hydrogen-bond acceptors (Lipinski definition) is 2. The molecular formula is C14H13NO3. The Morgan fingerprint density at radius 3 is 2.61 bits per heavy atom. The molecule has 0 aliphatic rings. The molecule has 2 aromatic rings. The first-order valence-corrected chi connectivity index (χ1v) is 5.51. The van der Waals surface area contributed by atoms with E-state index in [1.807, 2.05) is 36.4 Å². The lowest BCUT2D eigenvalue weighted by atomic mass is 10.0. The third kappa shape index (κ3) is 2.79. The van der Waals surface area contributed by atoms with Gasteiger partial charge in [-0.05, 0) is 23.3 Å². The fourth-order valence-corrected chi connectivity index (χ4v) is 1.74. The zero-order valence-corrected chi connectivity index (χ0v) is 9.63. The predicted molar refractivity (Wildman–Crippen MR) is 68.4 cm³/mol. The van der Waals surface area contributed by atoms with Crippen molar-refractivity contribution in [3.05, 3.63) is 54.1 Å². The van der Waals surface area contributed by atoms with Gasteiger partial charge >= 0.3 is 6.09 Å². The van der Waals surface area contributed by atoms with Crippen LogP contribution in [-0.2, 0) is 6.54 Å². The number of carboxylic acid groups (broad SMARTS) is 1. The highest BCUT2D eigenvalue weighted by molar-refractivity contribution is 5.70. The van der Waals surface area contributed by atoms with E-state index in [2.05, 4.69) is 5.32 Å². The molecule has 0 unspecified atom stereocenters. The summed E-state index contributed by atoms with van der Waals surface area (Å²) >= 11 is 0. The number of para-hydroxylation sites is 1. The number of hydrogen-bond donors (Lipinski definition) is 3. The lowest BCUT2D eigenvalue weighted by Gasteiger charge is -2.07. The summed E-state index contributed by atoms with van der Waals surface area (Å²) < 4.78 is 0. The second-order valence-corrected chi connectivity index (χ2v) is 3.88. The molecule has 0 aliphatic carbocycles. The second kappa shape index (κ2) is 5.23. The molecule has 0 radical (unpaired) electrons. The van der Waals surface area contributed by atoms with E-state index < -0.39 is 6.09 Å². The summed E-state index contributed by atoms with van der Waals surface area (Å²) in [6.07, 6.45) is -1.05. The largest absolute Gasteiger partial charge is 0.507 e. The van der Waals surface area contributed by atoms with Crippen LogP contribution >= 0.6 is 0 Å². The Morgan fingerprint density at radius 2 is 1.89 bits per heavy atom. The smallest absolute Gasteiger partial charge is 0.404 e. The highest BCUT2D eigenvalue weighted by Gasteiger charge is 2.04. The zero-order chi connectivity index (χ0) is 13.0. The molecule has 0 saturated carbocycles. The number of nitrogens with one attached hydrogen (secondary N) is 1. The van der Waals surface area contributed by atoms with Crippen LogP contribution in [0.25, 0.3) is 11.1 Å². The maximum absolute atomic E-state index is 10.4. The summed E-state index contributed by atoms with van der Waals surface area (Å²) in [5, 5.41) is 20.6. The van der Waals surface area contributed by atoms with E-state index in [4.69, 9.17) is 5.11 Å². The summed E-state index contributed by atoms with van der Waals surface area (Å²) in [5.74, 6) is 0.209. The van der Waals surface area contributed by atoms with Crippen molar-refractivity contribution in [2.45, 2.75) is 6.54 Å². The van der Waals surface area contributed by atoms with Gasteiger partial charge in [-0.3, -0.25) is 0 Å². The minimum Gasteiger partial charge on any atom is -0.507 e. The Hall–Kier alpha value is -2.49. The maximum atomic E-state index is 10.4. The number of phenols is 1. The number of amides is 1. The summed E-state index contributed by atoms with van der Waals surface area (Å²) in [7, 11) is 0. The number of phenolic OH excluding ortho intramolecular Hbond substituents is 1. The van der Waals surface area contributed by atoms with Crippen LogP contribution in [0.15, 0.2) is 48.5 Å². The van der Waals surface area contributed by atoms with Crippen molar-refractivity contribution >= 4 is 6.09 Å². The molecule has 4 heteroatoms. The Labute approximate surface area is 105 Å². The number of aromatic hydroxyl groups is 1. The molecule has 0 bridgehead atoms. The summed E-state index contributed by atoms with van der Waals surface area (Å²) in [4.78, 5) is 10.4. The van der Waals surface area contributed by atoms with E-state index in [9.17, 15) is 9.90 Å². The normalized spacial score (nSPS) is 10.0. The monoisotopic (exact) mass is 243 g/mol. The van der Waals surface area contributed by atoms with Crippen molar-refractivity contribution in [2.24, 2.45) is 0 Å². The predicted octanol–water partition coefficient (Wildman–Crippen LogP) is 2.83. The third-order valence-electron chi connectivity index (χ3n) is 2.59. The van der Waals surface area contributed by atoms with Gasteiger partial charge in [0.1, 0.15) is 5.75 Å². The first-order valence-electron chi connectivity index (χ1n) is 5.51. The van der Waals surface area contributed by atoms with Crippen LogP contribution in [0.4, 0.5) is 4.79 Å². The van der Waals surface area contributed by atoms with Crippen LogP contribution in [0.5, 0.6) is 5.75 Å². The van der Waals surface area contributed by atoms with Gasteiger partial charge < -0.3 is 15.5 Å². The lowest BCUT2D eigenvalue weighted by molar-refractivity contribution is 0.194. The van der Waals surface area contributed by atoms with E-state index in [0.717, 1.165) is 16.7 Å². The van der Waals surface area contributed by atoms with Gasteiger partial charge in [-0.2, -0.15) is 0 Å². The Bertz CT molecular complexity index is 566. The van der Waals surface area contributed by atoms with E-state index in [1.165, 1.54) is 0 Å². The quantitative estimate of drug-likeness (QED) is 0.776. The van der Waals surface area contributed by atoms with Crippen LogP contribution in [0.3, 0.4) is 0 Å². The maximum Gasteiger partial charge on any atom is 0.404 e. The Morgan fingerprint density at radius 1 is 1.11 bits per heavy atom. The van der Waals surface area contributed by atoms with Crippen LogP contribution in [0.1, 0.15) is 5.56 Å². The van der Waals surface area contributed by atoms with Crippen LogP contribution in [-0.4, -0.2) is 16.3 Å². The van der Waals surface area contributed by atoms with Crippen LogP contribution < -0.4 is 5.32 Å². The molecule has 0 spiro atoms. The summed E-state index contributed by atoms with van der Waals surface area (Å²) in [6.45, 7) is 0.247. The van der Waals surface area contributed by atoms with Crippen molar-refractivity contribution in [3.8, 4) is 16.9 Å². The lowest BCUT2D eigenvalue weighted by Crippen LogP contribution is -2.19. The van der Waals surface area contributed by atoms with Gasteiger partial charge in [0.05, 0.1) is 0 Å². The average molecular weight is 243 g/mol. The van der Waals surface area contributed by atoms with Crippen LogP contribution in [0.2, 0.25) is 0 Å². The first-order chi connectivity index (χ1) is 8.66. The van der Waals surface area contributed by atoms with Gasteiger partial charge in [0.25, 0.3) is 0 Å². The Balaban J connectivity index is 2.27. The molecule has 3 N–H and O–H groups in total. The van der Waals surface area contributed by atoms with Crippen molar-refractivity contribution in [3.63, 3.8) is 0 Å².